The summed E-state index contributed by atoms with van der Waals surface area (Å²) in [5, 5.41) is 37.1. The molecule has 5 amide bonds. The number of carbonyl (C=O) groups excluding carboxylic acids is 7. The Morgan fingerprint density at radius 3 is 1.50 bits per heavy atom. The number of aryl methyl sites for hydroxylation is 2. The summed E-state index contributed by atoms with van der Waals surface area (Å²) in [4.78, 5) is 123. The molecule has 2 aromatic carbocycles. The number of aliphatic imine (C=N–C) groups is 2. The summed E-state index contributed by atoms with van der Waals surface area (Å²) >= 11 is 3.40. The maximum absolute atomic E-state index is 12.3. The van der Waals surface area contributed by atoms with Crippen LogP contribution in [0.3, 0.4) is 0 Å². The molecular weight excluding hydrogens is 1150 g/mol. The van der Waals surface area contributed by atoms with Gasteiger partial charge in [0.15, 0.2) is 0 Å². The number of rotatable bonds is 10. The molecule has 2 aromatic heterocycles. The lowest BCUT2D eigenvalue weighted by atomic mass is 10.1. The molecule has 8 N–H and O–H groups in total. The maximum atomic E-state index is 12.3. The third-order valence-electron chi connectivity index (χ3n) is 13.9. The van der Waals surface area contributed by atoms with E-state index in [0.717, 1.165) is 108 Å². The SMILES string of the molecule is CC(C)(C)OC(=O)N1CCNCC1.Cc1cc2c(s1)Nc1ccccc1N=C2N1CCN(C)C(CNC(=O)CC(=O)NC(=O)CC(=O)O)C1.Cc1cc2c(s1)Nc1ccccc1N=C2N1CCN(C)C(CNC(=O)CC(=O)O)C1.O=C1CCC(=O)O1. The first kappa shape index (κ1) is 65.2. The van der Waals surface area contributed by atoms with Crippen LogP contribution < -0.4 is 31.9 Å². The first-order valence-corrected chi connectivity index (χ1v) is 29.7. The second-order valence-electron chi connectivity index (χ2n) is 22.0. The van der Waals surface area contributed by atoms with Crippen LogP contribution in [-0.2, 0) is 47.8 Å². The number of ether oxygens (including phenoxy) is 2. The molecule has 86 heavy (non-hydrogen) atoms. The molecule has 0 bridgehead atoms. The van der Waals surface area contributed by atoms with Crippen molar-refractivity contribution >= 4 is 121 Å². The average Bonchev–Trinajstić information content (AvgIpc) is 2.32. The van der Waals surface area contributed by atoms with Crippen LogP contribution in [-0.4, -0.2) is 210 Å². The van der Waals surface area contributed by atoms with Gasteiger partial charge in [0, 0.05) is 100 Å². The predicted molar refractivity (Wildman–Crippen MR) is 325 cm³/mol. The van der Waals surface area contributed by atoms with Crippen LogP contribution in [0.1, 0.15) is 73.8 Å². The van der Waals surface area contributed by atoms with E-state index in [9.17, 15) is 43.2 Å². The van der Waals surface area contributed by atoms with E-state index in [4.69, 9.17) is 24.9 Å². The molecule has 0 saturated carbocycles. The first-order valence-electron chi connectivity index (χ1n) is 28.1. The number of likely N-dealkylation sites (N-methyl/N-ethyl adjacent to an activating group) is 2. The maximum Gasteiger partial charge on any atom is 0.410 e. The van der Waals surface area contributed by atoms with Gasteiger partial charge in [-0.1, -0.05) is 24.3 Å². The molecular formula is C58H75N13O13S2. The number of nitrogens with zero attached hydrogens (tertiary/aromatic N) is 7. The summed E-state index contributed by atoms with van der Waals surface area (Å²) in [6, 6.07) is 20.3. The number of benzene rings is 2. The molecule has 6 aliphatic rings. The molecule has 0 aliphatic carbocycles. The van der Waals surface area contributed by atoms with Gasteiger partial charge < -0.3 is 61.0 Å². The Hall–Kier alpha value is -8.31. The molecule has 2 unspecified atom stereocenters. The van der Waals surface area contributed by atoms with Crippen molar-refractivity contribution in [1.29, 1.82) is 0 Å². The van der Waals surface area contributed by atoms with Crippen molar-refractivity contribution in [3.8, 4) is 0 Å². The summed E-state index contributed by atoms with van der Waals surface area (Å²) in [6.07, 6.45) is -1.57. The van der Waals surface area contributed by atoms with Gasteiger partial charge in [-0.05, 0) is 85.1 Å². The molecule has 4 saturated heterocycles. The number of piperazine rings is 3. The number of fused-ring (bicyclic) bond motifs is 4. The number of esters is 2. The average molecular weight is 1230 g/mol. The number of carboxylic acid groups (broad SMARTS) is 2. The zero-order valence-corrected chi connectivity index (χ0v) is 50.9. The van der Waals surface area contributed by atoms with Crippen molar-refractivity contribution in [3.63, 3.8) is 0 Å². The summed E-state index contributed by atoms with van der Waals surface area (Å²) in [6.45, 7) is 18.2. The zero-order valence-electron chi connectivity index (χ0n) is 49.3. The summed E-state index contributed by atoms with van der Waals surface area (Å²) in [5.41, 5.74) is 5.45. The number of amidine groups is 2. The number of carbonyl (C=O) groups is 9. The third kappa shape index (κ3) is 19.4. The summed E-state index contributed by atoms with van der Waals surface area (Å²) < 4.78 is 9.32. The lowest BCUT2D eigenvalue weighted by Crippen LogP contribution is -2.57. The van der Waals surface area contributed by atoms with Gasteiger partial charge in [0.25, 0.3) is 0 Å². The molecule has 0 radical (unpaired) electrons. The molecule has 28 heteroatoms. The van der Waals surface area contributed by atoms with Gasteiger partial charge in [-0.15, -0.1) is 22.7 Å². The van der Waals surface area contributed by atoms with Crippen molar-refractivity contribution in [2.75, 3.05) is 103 Å². The van der Waals surface area contributed by atoms with Crippen LogP contribution in [0.15, 0.2) is 70.6 Å². The number of hydrogen-bond acceptors (Lipinski definition) is 22. The minimum atomic E-state index is -1.35. The normalized spacial score (nSPS) is 18.1. The van der Waals surface area contributed by atoms with Crippen LogP contribution in [0, 0.1) is 13.8 Å². The van der Waals surface area contributed by atoms with Gasteiger partial charge in [-0.3, -0.25) is 53.5 Å². The highest BCUT2D eigenvalue weighted by atomic mass is 32.1. The van der Waals surface area contributed by atoms with E-state index < -0.39 is 66.8 Å². The van der Waals surface area contributed by atoms with Gasteiger partial charge >= 0.3 is 30.0 Å². The number of nitrogens with one attached hydrogen (secondary N) is 6. The quantitative estimate of drug-likeness (QED) is 0.0800. The standard InChI is InChI=1S/C24H28N6O5S.C21H25N5O3S.C9H18N2O2.C4H4O3/c1-14-9-16-23(26-17-5-3-4-6-18(17)27-24(16)36-14)30-8-7-29(2)15(13-30)12-25-19(31)10-20(32)28-21(33)11-22(34)35;1-13-9-15-20(23-16-5-3-4-6-17(16)24-21(15)30-13)26-8-7-25(2)14(12-26)11-22-18(27)10-19(28)29;1-9(2,3)13-8(12)11-6-4-10-5-7-11;5-3-1-2-4(6)7-3/h3-6,9,15,27H,7-8,10-13H2,1-2H3,(H,25,31)(H,34,35)(H,28,32,33);3-6,9,14,24H,7-8,10-12H2,1-2H3,(H,22,27)(H,28,29);10H,4-7H2,1-3H3;1-2H2. The highest BCUT2D eigenvalue weighted by Crippen LogP contribution is 2.41. The number of para-hydroxylation sites is 4. The molecule has 26 nitrogen and oxygen atoms in total. The number of imide groups is 1. The Morgan fingerprint density at radius 1 is 0.640 bits per heavy atom. The van der Waals surface area contributed by atoms with Crippen molar-refractivity contribution in [1.82, 2.24) is 45.8 Å². The van der Waals surface area contributed by atoms with Gasteiger partial charge in [0.2, 0.25) is 23.6 Å². The van der Waals surface area contributed by atoms with Crippen molar-refractivity contribution < 1.29 is 62.8 Å². The molecule has 462 valence electrons. The minimum Gasteiger partial charge on any atom is -0.481 e. The van der Waals surface area contributed by atoms with Crippen LogP contribution >= 0.6 is 22.7 Å². The number of cyclic esters (lactones) is 2. The van der Waals surface area contributed by atoms with Crippen molar-refractivity contribution in [2.45, 2.75) is 84.4 Å². The summed E-state index contributed by atoms with van der Waals surface area (Å²) in [7, 11) is 4.01. The molecule has 4 fully saturated rings. The Morgan fingerprint density at radius 2 is 1.07 bits per heavy atom. The fourth-order valence-corrected chi connectivity index (χ4v) is 11.4. The summed E-state index contributed by atoms with van der Waals surface area (Å²) in [5.74, 6) is -4.25. The van der Waals surface area contributed by atoms with Crippen molar-refractivity contribution in [3.05, 3.63) is 81.5 Å². The third-order valence-corrected chi connectivity index (χ3v) is 15.9. The largest absolute Gasteiger partial charge is 0.481 e. The number of carboxylic acids is 2. The number of amides is 5. The van der Waals surface area contributed by atoms with Crippen LogP contribution in [0.4, 0.5) is 37.5 Å². The molecule has 0 spiro atoms. The van der Waals surface area contributed by atoms with Crippen LogP contribution in [0.2, 0.25) is 0 Å². The van der Waals surface area contributed by atoms with E-state index >= 15 is 0 Å². The molecule has 4 aromatic rings. The fraction of sp³-hybridized carbons (Fsp3) is 0.466. The number of aliphatic carboxylic acids is 2. The Balaban J connectivity index is 0.000000188. The van der Waals surface area contributed by atoms with Gasteiger partial charge in [0.05, 0.1) is 46.7 Å². The second kappa shape index (κ2) is 30.2. The number of thiophene rings is 2. The van der Waals surface area contributed by atoms with E-state index in [1.165, 1.54) is 9.75 Å². The number of anilines is 4. The Labute approximate surface area is 506 Å². The van der Waals surface area contributed by atoms with E-state index in [1.54, 1.807) is 27.6 Å². The Bertz CT molecular complexity index is 3210. The molecule has 6 aliphatic heterocycles. The van der Waals surface area contributed by atoms with Crippen LogP contribution in [0.25, 0.3) is 0 Å². The molecule has 2 atom stereocenters. The molecule has 8 heterocycles. The molecule has 10 rings (SSSR count). The topological polar surface area (TPSA) is 326 Å². The zero-order chi connectivity index (χ0) is 62.2. The second-order valence-corrected chi connectivity index (χ2v) is 24.5. The van der Waals surface area contributed by atoms with E-state index in [0.29, 0.717) is 26.2 Å². The van der Waals surface area contributed by atoms with E-state index in [-0.39, 0.29) is 36.6 Å². The number of hydrogen-bond donors (Lipinski definition) is 8. The van der Waals surface area contributed by atoms with Gasteiger partial charge in [0.1, 0.15) is 46.5 Å². The van der Waals surface area contributed by atoms with Gasteiger partial charge in [-0.2, -0.15) is 0 Å². The lowest BCUT2D eigenvalue weighted by molar-refractivity contribution is -0.152. The van der Waals surface area contributed by atoms with Gasteiger partial charge in [-0.25, -0.2) is 14.8 Å². The lowest BCUT2D eigenvalue weighted by Gasteiger charge is -2.40. The first-order chi connectivity index (χ1) is 40.9. The Kier molecular flexibility index (Phi) is 22.9. The van der Waals surface area contributed by atoms with E-state index in [1.807, 2.05) is 88.7 Å². The minimum absolute atomic E-state index is 0.0308. The smallest absolute Gasteiger partial charge is 0.410 e. The predicted octanol–water partition coefficient (Wildman–Crippen LogP) is 4.51. The van der Waals surface area contributed by atoms with Crippen LogP contribution in [0.5, 0.6) is 0 Å². The van der Waals surface area contributed by atoms with Crippen molar-refractivity contribution in [2.24, 2.45) is 9.98 Å². The van der Waals surface area contributed by atoms with E-state index in [2.05, 4.69) is 76.9 Å². The highest BCUT2D eigenvalue weighted by Gasteiger charge is 2.33. The monoisotopic (exact) mass is 1230 g/mol. The fourth-order valence-electron chi connectivity index (χ4n) is 9.55. The highest BCUT2D eigenvalue weighted by molar-refractivity contribution is 7.17.